The molecule has 130 valence electrons. The standard InChI is InChI=1S/C19H20N2O4/c1-13-2-4-14(5-3-13)10-18(22)20-12-19(23)21-15-6-7-16-17(11-15)25-9-8-24-16/h2-7,11H,8-10,12H2,1H3,(H,20,22)(H,21,23). The van der Waals surface area contributed by atoms with E-state index in [9.17, 15) is 9.59 Å². The summed E-state index contributed by atoms with van der Waals surface area (Å²) in [6, 6.07) is 12.9. The van der Waals surface area contributed by atoms with E-state index in [0.29, 0.717) is 30.4 Å². The molecule has 6 nitrogen and oxygen atoms in total. The van der Waals surface area contributed by atoms with Crippen molar-refractivity contribution in [3.63, 3.8) is 0 Å². The molecule has 0 atom stereocenters. The summed E-state index contributed by atoms with van der Waals surface area (Å²) in [4.78, 5) is 23.9. The molecule has 0 aliphatic carbocycles. The van der Waals surface area contributed by atoms with Crippen LogP contribution >= 0.6 is 0 Å². The number of ether oxygens (including phenoxy) is 2. The molecule has 2 amide bonds. The summed E-state index contributed by atoms with van der Waals surface area (Å²) in [5, 5.41) is 5.35. The number of carbonyl (C=O) groups excluding carboxylic acids is 2. The number of carbonyl (C=O) groups is 2. The minimum atomic E-state index is -0.297. The molecule has 0 saturated carbocycles. The van der Waals surface area contributed by atoms with E-state index in [-0.39, 0.29) is 24.8 Å². The Bertz CT molecular complexity index is 771. The number of aryl methyl sites for hydroxylation is 1. The number of amides is 2. The minimum Gasteiger partial charge on any atom is -0.486 e. The summed E-state index contributed by atoms with van der Waals surface area (Å²) in [6.45, 7) is 2.91. The molecule has 2 N–H and O–H groups in total. The van der Waals surface area contributed by atoms with Crippen LogP contribution in [0.1, 0.15) is 11.1 Å². The van der Waals surface area contributed by atoms with Crippen molar-refractivity contribution in [1.29, 1.82) is 0 Å². The number of hydrogen-bond donors (Lipinski definition) is 2. The predicted molar refractivity (Wildman–Crippen MR) is 94.0 cm³/mol. The molecular formula is C19H20N2O4. The molecule has 1 aliphatic heterocycles. The van der Waals surface area contributed by atoms with Crippen molar-refractivity contribution in [3.05, 3.63) is 53.6 Å². The van der Waals surface area contributed by atoms with E-state index >= 15 is 0 Å². The van der Waals surface area contributed by atoms with Crippen LogP contribution in [0.15, 0.2) is 42.5 Å². The smallest absolute Gasteiger partial charge is 0.243 e. The van der Waals surface area contributed by atoms with Crippen molar-refractivity contribution >= 4 is 17.5 Å². The van der Waals surface area contributed by atoms with Gasteiger partial charge in [0.05, 0.1) is 13.0 Å². The molecule has 0 radical (unpaired) electrons. The van der Waals surface area contributed by atoms with Crippen LogP contribution in [0.25, 0.3) is 0 Å². The fourth-order valence-electron chi connectivity index (χ4n) is 2.46. The van der Waals surface area contributed by atoms with Crippen LogP contribution in [0.3, 0.4) is 0 Å². The third kappa shape index (κ3) is 4.73. The van der Waals surface area contributed by atoms with E-state index in [4.69, 9.17) is 9.47 Å². The zero-order chi connectivity index (χ0) is 17.6. The van der Waals surface area contributed by atoms with Gasteiger partial charge in [0, 0.05) is 11.8 Å². The normalized spacial score (nSPS) is 12.4. The zero-order valence-corrected chi connectivity index (χ0v) is 14.0. The molecule has 3 rings (SSSR count). The second kappa shape index (κ2) is 7.70. The summed E-state index contributed by atoms with van der Waals surface area (Å²) in [5.74, 6) is 0.776. The Morgan fingerprint density at radius 2 is 1.68 bits per heavy atom. The van der Waals surface area contributed by atoms with Crippen LogP contribution in [0.5, 0.6) is 11.5 Å². The Morgan fingerprint density at radius 1 is 0.960 bits per heavy atom. The van der Waals surface area contributed by atoms with Crippen molar-refractivity contribution in [3.8, 4) is 11.5 Å². The monoisotopic (exact) mass is 340 g/mol. The molecule has 1 heterocycles. The lowest BCUT2D eigenvalue weighted by Crippen LogP contribution is -2.33. The van der Waals surface area contributed by atoms with Crippen LogP contribution in [0.2, 0.25) is 0 Å². The fourth-order valence-corrected chi connectivity index (χ4v) is 2.46. The first-order chi connectivity index (χ1) is 12.1. The Hall–Kier alpha value is -3.02. The maximum absolute atomic E-state index is 12.0. The Morgan fingerprint density at radius 3 is 2.44 bits per heavy atom. The average molecular weight is 340 g/mol. The van der Waals surface area contributed by atoms with Gasteiger partial charge in [-0.15, -0.1) is 0 Å². The highest BCUT2D eigenvalue weighted by molar-refractivity contribution is 5.95. The fraction of sp³-hybridized carbons (Fsp3) is 0.263. The predicted octanol–water partition coefficient (Wildman–Crippen LogP) is 2.06. The zero-order valence-electron chi connectivity index (χ0n) is 14.0. The molecule has 0 bridgehead atoms. The van der Waals surface area contributed by atoms with Gasteiger partial charge in [-0.05, 0) is 24.6 Å². The van der Waals surface area contributed by atoms with Gasteiger partial charge in [-0.25, -0.2) is 0 Å². The number of benzene rings is 2. The van der Waals surface area contributed by atoms with Gasteiger partial charge in [-0.1, -0.05) is 29.8 Å². The van der Waals surface area contributed by atoms with Crippen molar-refractivity contribution < 1.29 is 19.1 Å². The van der Waals surface area contributed by atoms with E-state index in [1.165, 1.54) is 0 Å². The number of hydrogen-bond acceptors (Lipinski definition) is 4. The lowest BCUT2D eigenvalue weighted by molar-refractivity contribution is -0.123. The molecule has 0 saturated heterocycles. The first kappa shape index (κ1) is 16.8. The Balaban J connectivity index is 1.47. The van der Waals surface area contributed by atoms with Gasteiger partial charge in [-0.3, -0.25) is 9.59 Å². The second-order valence-corrected chi connectivity index (χ2v) is 5.85. The highest BCUT2D eigenvalue weighted by Crippen LogP contribution is 2.32. The average Bonchev–Trinajstić information content (AvgIpc) is 2.62. The molecule has 0 aromatic heterocycles. The molecule has 2 aromatic carbocycles. The highest BCUT2D eigenvalue weighted by Gasteiger charge is 2.13. The number of anilines is 1. The van der Waals surface area contributed by atoms with Crippen molar-refractivity contribution in [2.45, 2.75) is 13.3 Å². The molecular weight excluding hydrogens is 320 g/mol. The van der Waals surface area contributed by atoms with E-state index in [2.05, 4.69) is 10.6 Å². The van der Waals surface area contributed by atoms with Crippen molar-refractivity contribution in [1.82, 2.24) is 5.32 Å². The minimum absolute atomic E-state index is 0.0842. The van der Waals surface area contributed by atoms with E-state index in [0.717, 1.165) is 11.1 Å². The van der Waals surface area contributed by atoms with E-state index in [1.54, 1.807) is 18.2 Å². The summed E-state index contributed by atoms with van der Waals surface area (Å²) >= 11 is 0. The maximum atomic E-state index is 12.0. The van der Waals surface area contributed by atoms with Gasteiger partial charge in [-0.2, -0.15) is 0 Å². The van der Waals surface area contributed by atoms with Crippen LogP contribution in [-0.2, 0) is 16.0 Å². The summed E-state index contributed by atoms with van der Waals surface area (Å²) in [5.41, 5.74) is 2.65. The summed E-state index contributed by atoms with van der Waals surface area (Å²) in [6.07, 6.45) is 0.248. The van der Waals surface area contributed by atoms with Gasteiger partial charge in [0.15, 0.2) is 11.5 Å². The van der Waals surface area contributed by atoms with Crippen LogP contribution in [-0.4, -0.2) is 31.6 Å². The largest absolute Gasteiger partial charge is 0.486 e. The summed E-state index contributed by atoms with van der Waals surface area (Å²) in [7, 11) is 0. The highest BCUT2D eigenvalue weighted by atomic mass is 16.6. The van der Waals surface area contributed by atoms with Crippen LogP contribution < -0.4 is 20.1 Å². The topological polar surface area (TPSA) is 76.7 Å². The van der Waals surface area contributed by atoms with Gasteiger partial charge in [0.1, 0.15) is 13.2 Å². The number of rotatable bonds is 5. The van der Waals surface area contributed by atoms with Gasteiger partial charge in [0.2, 0.25) is 11.8 Å². The summed E-state index contributed by atoms with van der Waals surface area (Å²) < 4.78 is 10.9. The van der Waals surface area contributed by atoms with Crippen LogP contribution in [0.4, 0.5) is 5.69 Å². The van der Waals surface area contributed by atoms with Gasteiger partial charge < -0.3 is 20.1 Å². The lowest BCUT2D eigenvalue weighted by Gasteiger charge is -2.19. The van der Waals surface area contributed by atoms with E-state index < -0.39 is 0 Å². The molecule has 2 aromatic rings. The Kier molecular flexibility index (Phi) is 5.18. The quantitative estimate of drug-likeness (QED) is 0.873. The van der Waals surface area contributed by atoms with Crippen molar-refractivity contribution in [2.75, 3.05) is 25.1 Å². The van der Waals surface area contributed by atoms with Crippen LogP contribution in [0, 0.1) is 6.92 Å². The molecule has 25 heavy (non-hydrogen) atoms. The number of fused-ring (bicyclic) bond motifs is 1. The third-order valence-corrected chi connectivity index (χ3v) is 3.76. The number of nitrogens with one attached hydrogen (secondary N) is 2. The maximum Gasteiger partial charge on any atom is 0.243 e. The van der Waals surface area contributed by atoms with Gasteiger partial charge in [0.25, 0.3) is 0 Å². The molecule has 6 heteroatoms. The molecule has 0 spiro atoms. The molecule has 1 aliphatic rings. The first-order valence-corrected chi connectivity index (χ1v) is 8.12. The van der Waals surface area contributed by atoms with E-state index in [1.807, 2.05) is 31.2 Å². The first-order valence-electron chi connectivity index (χ1n) is 8.12. The molecule has 0 fully saturated rings. The second-order valence-electron chi connectivity index (χ2n) is 5.85. The Labute approximate surface area is 146 Å². The lowest BCUT2D eigenvalue weighted by atomic mass is 10.1. The SMILES string of the molecule is Cc1ccc(CC(=O)NCC(=O)Nc2ccc3c(c2)OCCO3)cc1. The van der Waals surface area contributed by atoms with Gasteiger partial charge >= 0.3 is 0 Å². The van der Waals surface area contributed by atoms with Crippen molar-refractivity contribution in [2.24, 2.45) is 0 Å². The molecule has 0 unspecified atom stereocenters. The third-order valence-electron chi connectivity index (χ3n) is 3.76.